The summed E-state index contributed by atoms with van der Waals surface area (Å²) in [5.41, 5.74) is 1.32. The van der Waals surface area contributed by atoms with Gasteiger partial charge in [-0.25, -0.2) is 0 Å². The van der Waals surface area contributed by atoms with Crippen LogP contribution in [-0.2, 0) is 25.9 Å². The van der Waals surface area contributed by atoms with Gasteiger partial charge in [0.1, 0.15) is 5.82 Å². The summed E-state index contributed by atoms with van der Waals surface area (Å²) in [5.74, 6) is 2.88. The lowest BCUT2D eigenvalue weighted by Crippen LogP contribution is -2.38. The maximum Gasteiger partial charge on any atom is 0.191 e. The van der Waals surface area contributed by atoms with E-state index in [1.807, 2.05) is 6.07 Å². The zero-order valence-electron chi connectivity index (χ0n) is 13.3. The van der Waals surface area contributed by atoms with Gasteiger partial charge in [-0.1, -0.05) is 30.3 Å². The van der Waals surface area contributed by atoms with Gasteiger partial charge in [-0.15, -0.1) is 34.2 Å². The number of nitrogens with one attached hydrogen (secondary N) is 2. The second-order valence-electron chi connectivity index (χ2n) is 5.38. The van der Waals surface area contributed by atoms with E-state index in [0.717, 1.165) is 43.5 Å². The Morgan fingerprint density at radius 1 is 1.22 bits per heavy atom. The normalized spacial score (nSPS) is 13.3. The first-order chi connectivity index (χ1) is 10.9. The van der Waals surface area contributed by atoms with Crippen molar-refractivity contribution in [3.63, 3.8) is 0 Å². The Morgan fingerprint density at radius 2 is 2.04 bits per heavy atom. The Kier molecular flexibility index (Phi) is 6.82. The fourth-order valence-electron chi connectivity index (χ4n) is 2.69. The van der Waals surface area contributed by atoms with Crippen molar-refractivity contribution in [2.24, 2.45) is 4.99 Å². The van der Waals surface area contributed by atoms with Crippen molar-refractivity contribution in [3.05, 3.63) is 47.5 Å². The molecule has 3 rings (SSSR count). The zero-order valence-corrected chi connectivity index (χ0v) is 15.7. The number of hydrogen-bond acceptors (Lipinski definition) is 3. The van der Waals surface area contributed by atoms with Crippen LogP contribution in [0, 0.1) is 0 Å². The van der Waals surface area contributed by atoms with Crippen LogP contribution in [0.15, 0.2) is 35.3 Å². The predicted octanol–water partition coefficient (Wildman–Crippen LogP) is 1.75. The fraction of sp³-hybridized carbons (Fsp3) is 0.438. The molecule has 0 spiro atoms. The number of halogens is 1. The van der Waals surface area contributed by atoms with E-state index in [0.29, 0.717) is 6.54 Å². The van der Waals surface area contributed by atoms with Crippen molar-refractivity contribution >= 4 is 29.9 Å². The molecule has 2 N–H and O–H groups in total. The predicted molar refractivity (Wildman–Crippen MR) is 102 cm³/mol. The van der Waals surface area contributed by atoms with Gasteiger partial charge in [0.2, 0.25) is 0 Å². The molecule has 1 aromatic carbocycles. The van der Waals surface area contributed by atoms with E-state index < -0.39 is 0 Å². The molecule has 6 nitrogen and oxygen atoms in total. The summed E-state index contributed by atoms with van der Waals surface area (Å²) in [6, 6.07) is 10.4. The Hall–Kier alpha value is -1.64. The highest BCUT2D eigenvalue weighted by atomic mass is 127. The van der Waals surface area contributed by atoms with Crippen molar-refractivity contribution in [2.45, 2.75) is 32.4 Å². The van der Waals surface area contributed by atoms with Crippen LogP contribution in [0.2, 0.25) is 0 Å². The second kappa shape index (κ2) is 8.85. The van der Waals surface area contributed by atoms with E-state index in [1.54, 1.807) is 7.05 Å². The van der Waals surface area contributed by atoms with Gasteiger partial charge in [0.25, 0.3) is 0 Å². The monoisotopic (exact) mass is 426 g/mol. The van der Waals surface area contributed by atoms with Crippen LogP contribution in [0.5, 0.6) is 0 Å². The largest absolute Gasteiger partial charge is 0.356 e. The lowest BCUT2D eigenvalue weighted by molar-refractivity contribution is 0.662. The Morgan fingerprint density at radius 3 is 2.83 bits per heavy atom. The van der Waals surface area contributed by atoms with Crippen LogP contribution in [0.25, 0.3) is 0 Å². The average Bonchev–Trinajstić information content (AvgIpc) is 3.16. The van der Waals surface area contributed by atoms with E-state index in [2.05, 4.69) is 54.7 Å². The number of aryl methyl sites for hydroxylation is 1. The van der Waals surface area contributed by atoms with E-state index in [1.165, 1.54) is 12.0 Å². The lowest BCUT2D eigenvalue weighted by atomic mass is 10.1. The molecule has 0 unspecified atom stereocenters. The maximum atomic E-state index is 4.25. The molecule has 2 aromatic rings. The average molecular weight is 426 g/mol. The molecule has 0 saturated heterocycles. The standard InChI is InChI=1S/C16H22N6.HI/c1-17-16(18-10-9-13-6-3-2-4-7-13)19-12-15-21-20-14-8-5-11-22(14)15;/h2-4,6-7H,5,8-12H2,1H3,(H2,17,18,19);1H. The quantitative estimate of drug-likeness (QED) is 0.435. The third-order valence-corrected chi connectivity index (χ3v) is 3.87. The number of rotatable bonds is 5. The molecule has 1 aliphatic heterocycles. The molecule has 7 heteroatoms. The highest BCUT2D eigenvalue weighted by Crippen LogP contribution is 2.13. The van der Waals surface area contributed by atoms with Gasteiger partial charge < -0.3 is 15.2 Å². The molecule has 1 aliphatic rings. The van der Waals surface area contributed by atoms with Crippen LogP contribution < -0.4 is 10.6 Å². The molecule has 0 saturated carbocycles. The van der Waals surface area contributed by atoms with E-state index in [-0.39, 0.29) is 24.0 Å². The maximum absolute atomic E-state index is 4.25. The van der Waals surface area contributed by atoms with Crippen LogP contribution >= 0.6 is 24.0 Å². The third-order valence-electron chi connectivity index (χ3n) is 3.87. The Bertz CT molecular complexity index is 637. The zero-order chi connectivity index (χ0) is 15.2. The van der Waals surface area contributed by atoms with Gasteiger partial charge in [-0.05, 0) is 18.4 Å². The Labute approximate surface area is 153 Å². The minimum absolute atomic E-state index is 0. The molecule has 0 amide bonds. The molecular formula is C16H23IN6. The van der Waals surface area contributed by atoms with E-state index in [9.17, 15) is 0 Å². The number of aliphatic imine (C=N–C) groups is 1. The van der Waals surface area contributed by atoms with Crippen molar-refractivity contribution in [2.75, 3.05) is 13.6 Å². The molecule has 23 heavy (non-hydrogen) atoms. The SMILES string of the molecule is CN=C(NCCc1ccccc1)NCc1nnc2n1CCC2.I. The molecule has 2 heterocycles. The molecule has 124 valence electrons. The minimum Gasteiger partial charge on any atom is -0.356 e. The number of fused-ring (bicyclic) bond motifs is 1. The number of hydrogen-bond donors (Lipinski definition) is 2. The summed E-state index contributed by atoms with van der Waals surface area (Å²) in [5, 5.41) is 15.1. The van der Waals surface area contributed by atoms with Crippen LogP contribution in [0.1, 0.15) is 23.6 Å². The lowest BCUT2D eigenvalue weighted by Gasteiger charge is -2.11. The topological polar surface area (TPSA) is 67.1 Å². The van der Waals surface area contributed by atoms with Crippen molar-refractivity contribution in [1.29, 1.82) is 0 Å². The molecule has 0 fully saturated rings. The third kappa shape index (κ3) is 4.66. The van der Waals surface area contributed by atoms with Gasteiger partial charge in [-0.3, -0.25) is 4.99 Å². The summed E-state index contributed by atoms with van der Waals surface area (Å²) in [6.45, 7) is 2.53. The summed E-state index contributed by atoms with van der Waals surface area (Å²) < 4.78 is 2.20. The molecule has 0 radical (unpaired) electrons. The summed E-state index contributed by atoms with van der Waals surface area (Å²) in [6.07, 6.45) is 3.18. The van der Waals surface area contributed by atoms with Crippen LogP contribution in [0.3, 0.4) is 0 Å². The van der Waals surface area contributed by atoms with Gasteiger partial charge in [0.15, 0.2) is 11.8 Å². The molecule has 0 bridgehead atoms. The first-order valence-electron chi connectivity index (χ1n) is 7.76. The summed E-state index contributed by atoms with van der Waals surface area (Å²) in [7, 11) is 1.78. The van der Waals surface area contributed by atoms with Crippen molar-refractivity contribution in [1.82, 2.24) is 25.4 Å². The number of aromatic nitrogens is 3. The molecule has 0 aliphatic carbocycles. The van der Waals surface area contributed by atoms with Crippen molar-refractivity contribution in [3.8, 4) is 0 Å². The molecule has 0 atom stereocenters. The molecule has 1 aromatic heterocycles. The van der Waals surface area contributed by atoms with E-state index >= 15 is 0 Å². The smallest absolute Gasteiger partial charge is 0.191 e. The van der Waals surface area contributed by atoms with Gasteiger partial charge in [0.05, 0.1) is 6.54 Å². The van der Waals surface area contributed by atoms with Gasteiger partial charge in [-0.2, -0.15) is 0 Å². The number of guanidine groups is 1. The minimum atomic E-state index is 0. The van der Waals surface area contributed by atoms with Gasteiger partial charge in [0, 0.05) is 26.6 Å². The van der Waals surface area contributed by atoms with Crippen LogP contribution in [-0.4, -0.2) is 34.3 Å². The summed E-state index contributed by atoms with van der Waals surface area (Å²) in [4.78, 5) is 4.25. The van der Waals surface area contributed by atoms with Crippen molar-refractivity contribution < 1.29 is 0 Å². The second-order valence-corrected chi connectivity index (χ2v) is 5.38. The summed E-state index contributed by atoms with van der Waals surface area (Å²) >= 11 is 0. The number of benzene rings is 1. The highest BCUT2D eigenvalue weighted by molar-refractivity contribution is 14.0. The molecular weight excluding hydrogens is 403 g/mol. The van der Waals surface area contributed by atoms with E-state index in [4.69, 9.17) is 0 Å². The van der Waals surface area contributed by atoms with Crippen LogP contribution in [0.4, 0.5) is 0 Å². The highest BCUT2D eigenvalue weighted by Gasteiger charge is 2.16. The first-order valence-corrected chi connectivity index (χ1v) is 7.76. The Balaban J connectivity index is 0.00000192. The fourth-order valence-corrected chi connectivity index (χ4v) is 2.69. The van der Waals surface area contributed by atoms with Gasteiger partial charge >= 0.3 is 0 Å². The number of nitrogens with zero attached hydrogens (tertiary/aromatic N) is 4. The first kappa shape index (κ1) is 17.7.